The minimum Gasteiger partial charge on any atom is -0.437 e. The Morgan fingerprint density at radius 3 is 2.94 bits per heavy atom. The smallest absolute Gasteiger partial charge is 0.224 e. The maximum Gasteiger partial charge on any atom is 0.224 e. The molecular weight excluding hydrogens is 237 g/mol. The van der Waals surface area contributed by atoms with Crippen LogP contribution in [0.15, 0.2) is 30.6 Å². The molecule has 0 bridgehead atoms. The van der Waals surface area contributed by atoms with Crippen LogP contribution in [0.3, 0.4) is 0 Å². The molecule has 0 amide bonds. The minimum atomic E-state index is -0.652. The van der Waals surface area contributed by atoms with Gasteiger partial charge < -0.3 is 10.2 Å². The van der Waals surface area contributed by atoms with E-state index in [-0.39, 0.29) is 17.2 Å². The number of nitrogens with one attached hydrogen (secondary N) is 1. The van der Waals surface area contributed by atoms with Gasteiger partial charge >= 0.3 is 0 Å². The summed E-state index contributed by atoms with van der Waals surface area (Å²) >= 11 is 0. The fourth-order valence-electron chi connectivity index (χ4n) is 1.28. The van der Waals surface area contributed by atoms with Gasteiger partial charge in [0.1, 0.15) is 35.3 Å². The van der Waals surface area contributed by atoms with Gasteiger partial charge in [-0.1, -0.05) is 6.07 Å². The van der Waals surface area contributed by atoms with Gasteiger partial charge in [-0.25, -0.2) is 20.2 Å². The van der Waals surface area contributed by atoms with Gasteiger partial charge in [0.05, 0.1) is 0 Å². The lowest BCUT2D eigenvalue weighted by molar-refractivity contribution is 0.455. The molecule has 0 aliphatic carbocycles. The molecule has 0 saturated carbocycles. The van der Waals surface area contributed by atoms with Crippen molar-refractivity contribution in [2.75, 3.05) is 5.43 Å². The second kappa shape index (κ2) is 5.07. The highest BCUT2D eigenvalue weighted by atomic mass is 19.1. The Hall–Kier alpha value is -2.72. The molecular formula is C11H8FN5O. The maximum absolute atomic E-state index is 13.3. The molecule has 6 nitrogen and oxygen atoms in total. The number of ether oxygens (including phenoxy) is 1. The molecule has 18 heavy (non-hydrogen) atoms. The zero-order valence-corrected chi connectivity index (χ0v) is 9.09. The third-order valence-corrected chi connectivity index (χ3v) is 2.09. The molecule has 0 atom stereocenters. The summed E-state index contributed by atoms with van der Waals surface area (Å²) in [6.07, 6.45) is 1.23. The Labute approximate surface area is 102 Å². The van der Waals surface area contributed by atoms with Gasteiger partial charge in [-0.2, -0.15) is 5.26 Å². The number of rotatable bonds is 3. The van der Waals surface area contributed by atoms with E-state index in [2.05, 4.69) is 15.4 Å². The molecule has 0 aliphatic rings. The van der Waals surface area contributed by atoms with Gasteiger partial charge in [-0.15, -0.1) is 0 Å². The third kappa shape index (κ3) is 2.34. The summed E-state index contributed by atoms with van der Waals surface area (Å²) in [5.74, 6) is 5.11. The highest BCUT2D eigenvalue weighted by Gasteiger charge is 2.10. The van der Waals surface area contributed by atoms with E-state index >= 15 is 0 Å². The highest BCUT2D eigenvalue weighted by Crippen LogP contribution is 2.25. The van der Waals surface area contributed by atoms with E-state index < -0.39 is 5.82 Å². The van der Waals surface area contributed by atoms with Crippen LogP contribution in [0, 0.1) is 17.1 Å². The van der Waals surface area contributed by atoms with Crippen molar-refractivity contribution >= 4 is 5.82 Å². The third-order valence-electron chi connectivity index (χ3n) is 2.09. The van der Waals surface area contributed by atoms with Crippen molar-refractivity contribution in [2.24, 2.45) is 5.84 Å². The summed E-state index contributed by atoms with van der Waals surface area (Å²) in [6.45, 7) is 0. The van der Waals surface area contributed by atoms with Crippen molar-refractivity contribution in [1.82, 2.24) is 9.97 Å². The fraction of sp³-hybridized carbons (Fsp3) is 0. The Kier molecular flexibility index (Phi) is 3.31. The Morgan fingerprint density at radius 1 is 1.39 bits per heavy atom. The van der Waals surface area contributed by atoms with Crippen molar-refractivity contribution in [1.29, 1.82) is 5.26 Å². The van der Waals surface area contributed by atoms with Crippen LogP contribution in [0.2, 0.25) is 0 Å². The number of hydrazine groups is 1. The molecule has 1 aromatic carbocycles. The van der Waals surface area contributed by atoms with E-state index in [9.17, 15) is 4.39 Å². The van der Waals surface area contributed by atoms with Crippen LogP contribution >= 0.6 is 0 Å². The van der Waals surface area contributed by atoms with Crippen molar-refractivity contribution in [3.63, 3.8) is 0 Å². The highest BCUT2D eigenvalue weighted by molar-refractivity contribution is 5.46. The molecule has 0 aliphatic heterocycles. The summed E-state index contributed by atoms with van der Waals surface area (Å²) in [5.41, 5.74) is 2.14. The van der Waals surface area contributed by atoms with E-state index in [4.69, 9.17) is 15.8 Å². The number of nitrogens with two attached hydrogens (primary N) is 1. The first-order valence-electron chi connectivity index (χ1n) is 4.89. The first kappa shape index (κ1) is 11.8. The molecule has 2 aromatic rings. The number of halogens is 1. The van der Waals surface area contributed by atoms with Gasteiger partial charge in [-0.3, -0.25) is 0 Å². The van der Waals surface area contributed by atoms with E-state index in [1.165, 1.54) is 30.6 Å². The van der Waals surface area contributed by atoms with Crippen LogP contribution in [-0.2, 0) is 0 Å². The lowest BCUT2D eigenvalue weighted by Crippen LogP contribution is -2.08. The van der Waals surface area contributed by atoms with Crippen molar-refractivity contribution in [2.45, 2.75) is 0 Å². The number of aromatic nitrogens is 2. The van der Waals surface area contributed by atoms with Crippen molar-refractivity contribution in [3.05, 3.63) is 42.0 Å². The number of nitriles is 1. The average Bonchev–Trinajstić information content (AvgIpc) is 2.39. The van der Waals surface area contributed by atoms with Crippen LogP contribution in [0.5, 0.6) is 11.6 Å². The van der Waals surface area contributed by atoms with Gasteiger partial charge in [0.2, 0.25) is 5.88 Å². The molecule has 0 spiro atoms. The Morgan fingerprint density at radius 2 is 2.22 bits per heavy atom. The summed E-state index contributed by atoms with van der Waals surface area (Å²) in [5, 5.41) is 8.84. The van der Waals surface area contributed by atoms with Crippen LogP contribution in [0.25, 0.3) is 0 Å². The van der Waals surface area contributed by atoms with E-state index in [1.54, 1.807) is 6.07 Å². The minimum absolute atomic E-state index is 0.0826. The molecule has 1 aromatic heterocycles. The lowest BCUT2D eigenvalue weighted by Gasteiger charge is -2.07. The van der Waals surface area contributed by atoms with Crippen LogP contribution in [-0.4, -0.2) is 9.97 Å². The van der Waals surface area contributed by atoms with Crippen molar-refractivity contribution in [3.8, 4) is 17.7 Å². The monoisotopic (exact) mass is 245 g/mol. The number of anilines is 1. The fourth-order valence-corrected chi connectivity index (χ4v) is 1.28. The molecule has 0 fully saturated rings. The zero-order valence-electron chi connectivity index (χ0n) is 9.09. The summed E-state index contributed by atoms with van der Waals surface area (Å²) in [6, 6.07) is 7.24. The normalized spacial score (nSPS) is 9.61. The van der Waals surface area contributed by atoms with Crippen molar-refractivity contribution < 1.29 is 9.13 Å². The number of hydrogen-bond donors (Lipinski definition) is 2. The lowest BCUT2D eigenvalue weighted by atomic mass is 10.2. The number of nitrogens with zero attached hydrogens (tertiary/aromatic N) is 3. The molecule has 0 radical (unpaired) electrons. The molecule has 1 heterocycles. The zero-order chi connectivity index (χ0) is 13.0. The van der Waals surface area contributed by atoms with E-state index in [1.807, 2.05) is 0 Å². The molecule has 90 valence electrons. The molecule has 2 rings (SSSR count). The number of nitrogen functional groups attached to an aromatic ring is 1. The van der Waals surface area contributed by atoms with Gasteiger partial charge in [0, 0.05) is 6.07 Å². The Balaban J connectivity index is 2.34. The number of hydrogen-bond acceptors (Lipinski definition) is 6. The van der Waals surface area contributed by atoms with E-state index in [0.29, 0.717) is 5.82 Å². The first-order valence-corrected chi connectivity index (χ1v) is 4.89. The SMILES string of the molecule is N#Cc1c(F)cccc1Oc1cc(NN)ncn1. The molecule has 7 heteroatoms. The summed E-state index contributed by atoms with van der Waals surface area (Å²) in [4.78, 5) is 7.62. The van der Waals surface area contributed by atoms with Crippen LogP contribution in [0.4, 0.5) is 10.2 Å². The second-order valence-electron chi connectivity index (χ2n) is 3.21. The topological polar surface area (TPSA) is 96.8 Å². The summed E-state index contributed by atoms with van der Waals surface area (Å²) in [7, 11) is 0. The average molecular weight is 245 g/mol. The second-order valence-corrected chi connectivity index (χ2v) is 3.21. The molecule has 0 unspecified atom stereocenters. The first-order chi connectivity index (χ1) is 8.74. The Bertz CT molecular complexity index is 611. The van der Waals surface area contributed by atoms with Crippen LogP contribution in [0.1, 0.15) is 5.56 Å². The predicted octanol–water partition coefficient (Wildman–Crippen LogP) is 1.57. The predicted molar refractivity (Wildman–Crippen MR) is 61.0 cm³/mol. The van der Waals surface area contributed by atoms with Gasteiger partial charge in [0.25, 0.3) is 0 Å². The molecule has 3 N–H and O–H groups in total. The quantitative estimate of drug-likeness (QED) is 0.629. The maximum atomic E-state index is 13.3. The standard InChI is InChI=1S/C11H8FN5O/c12-8-2-1-3-9(7(8)5-13)18-11-4-10(17-14)15-6-16-11/h1-4,6H,14H2,(H,15,16,17). The summed E-state index contributed by atoms with van der Waals surface area (Å²) < 4.78 is 18.6. The van der Waals surface area contributed by atoms with Gasteiger partial charge in [0.15, 0.2) is 0 Å². The van der Waals surface area contributed by atoms with E-state index in [0.717, 1.165) is 0 Å². The number of benzene rings is 1. The molecule has 0 saturated heterocycles. The van der Waals surface area contributed by atoms with Gasteiger partial charge in [-0.05, 0) is 12.1 Å². The van der Waals surface area contributed by atoms with Crippen LogP contribution < -0.4 is 16.0 Å². The largest absolute Gasteiger partial charge is 0.437 e.